The topological polar surface area (TPSA) is 112 Å². The van der Waals surface area contributed by atoms with Crippen molar-refractivity contribution >= 4 is 40.4 Å². The van der Waals surface area contributed by atoms with Crippen LogP contribution in [-0.4, -0.2) is 56.3 Å². The van der Waals surface area contributed by atoms with Crippen molar-refractivity contribution in [2.24, 2.45) is 5.92 Å². The van der Waals surface area contributed by atoms with Gasteiger partial charge in [0.1, 0.15) is 11.9 Å². The number of hydrogen-bond acceptors (Lipinski definition) is 4. The average Bonchev–Trinajstić information content (AvgIpc) is 3.34. The van der Waals surface area contributed by atoms with Gasteiger partial charge in [-0.25, -0.2) is 9.18 Å². The molecule has 0 radical (unpaired) electrons. The van der Waals surface area contributed by atoms with Crippen molar-refractivity contribution in [3.8, 4) is 0 Å². The molecule has 3 N–H and O–H groups in total. The molecule has 1 saturated carbocycles. The van der Waals surface area contributed by atoms with E-state index in [4.69, 9.17) is 11.6 Å². The molecule has 1 aliphatic carbocycles. The number of hydrogen-bond donors (Lipinski definition) is 3. The van der Waals surface area contributed by atoms with E-state index in [1.54, 1.807) is 29.2 Å². The second-order valence-corrected chi connectivity index (χ2v) is 9.41. The Balaban J connectivity index is 1.36. The second-order valence-electron chi connectivity index (χ2n) is 9.00. The number of amides is 2. The Morgan fingerprint density at radius 2 is 1.91 bits per heavy atom. The lowest BCUT2D eigenvalue weighted by Gasteiger charge is -2.28. The fraction of sp³-hybridized carbons (Fsp3) is 0.320. The SMILES string of the molecule is O=C(N[C@H](CO)c1cccc(Cl)c1F)[C@@H]1C[C@H]2C[C@H]2N1C(=O)Cc1cn(C(=O)O)c2ccccc12. The Morgan fingerprint density at radius 1 is 1.14 bits per heavy atom. The van der Waals surface area contributed by atoms with Gasteiger partial charge in [-0.15, -0.1) is 0 Å². The highest BCUT2D eigenvalue weighted by atomic mass is 35.5. The highest BCUT2D eigenvalue weighted by molar-refractivity contribution is 6.30. The molecule has 8 nitrogen and oxygen atoms in total. The van der Waals surface area contributed by atoms with Gasteiger partial charge in [0.15, 0.2) is 0 Å². The number of carboxylic acid groups (broad SMARTS) is 1. The Kier molecular flexibility index (Phi) is 5.98. The number of fused-ring (bicyclic) bond motifs is 2. The molecule has 4 atom stereocenters. The number of aromatic nitrogens is 1. The molecule has 2 aromatic carbocycles. The summed E-state index contributed by atoms with van der Waals surface area (Å²) in [5.74, 6) is -1.26. The van der Waals surface area contributed by atoms with Crippen LogP contribution in [0.1, 0.15) is 30.0 Å². The number of aliphatic hydroxyl groups excluding tert-OH is 1. The Bertz CT molecular complexity index is 1340. The van der Waals surface area contributed by atoms with Crippen molar-refractivity contribution in [1.29, 1.82) is 0 Å². The average molecular weight is 500 g/mol. The highest BCUT2D eigenvalue weighted by Gasteiger charge is 2.56. The minimum absolute atomic E-state index is 0.0541. The number of carbonyl (C=O) groups is 3. The monoisotopic (exact) mass is 499 g/mol. The van der Waals surface area contributed by atoms with Crippen LogP contribution < -0.4 is 5.32 Å². The Morgan fingerprint density at radius 3 is 2.66 bits per heavy atom. The molecule has 35 heavy (non-hydrogen) atoms. The van der Waals surface area contributed by atoms with Crippen molar-refractivity contribution in [2.75, 3.05) is 6.61 Å². The van der Waals surface area contributed by atoms with Crippen molar-refractivity contribution in [3.63, 3.8) is 0 Å². The first kappa shape index (κ1) is 23.3. The molecular weight excluding hydrogens is 477 g/mol. The van der Waals surface area contributed by atoms with Gasteiger partial charge < -0.3 is 20.4 Å². The van der Waals surface area contributed by atoms with Gasteiger partial charge in [0.2, 0.25) is 11.8 Å². The summed E-state index contributed by atoms with van der Waals surface area (Å²) in [6.07, 6.45) is 1.52. The Hall–Kier alpha value is -3.43. The van der Waals surface area contributed by atoms with E-state index in [9.17, 15) is 29.0 Å². The van der Waals surface area contributed by atoms with Crippen LogP contribution in [0.25, 0.3) is 10.9 Å². The maximum absolute atomic E-state index is 14.5. The molecule has 2 heterocycles. The van der Waals surface area contributed by atoms with Gasteiger partial charge in [0, 0.05) is 23.2 Å². The number of aliphatic hydroxyl groups is 1. The van der Waals surface area contributed by atoms with E-state index in [-0.39, 0.29) is 34.9 Å². The lowest BCUT2D eigenvalue weighted by atomic mass is 10.0. The summed E-state index contributed by atoms with van der Waals surface area (Å²) in [5.41, 5.74) is 1.11. The normalized spacial score (nSPS) is 21.6. The lowest BCUT2D eigenvalue weighted by molar-refractivity contribution is -0.139. The maximum Gasteiger partial charge on any atom is 0.416 e. The molecular formula is C25H23ClFN3O5. The molecule has 0 spiro atoms. The number of carbonyl (C=O) groups excluding carboxylic acids is 2. The van der Waals surface area contributed by atoms with E-state index in [2.05, 4.69) is 5.32 Å². The number of para-hydroxylation sites is 1. The van der Waals surface area contributed by atoms with E-state index >= 15 is 0 Å². The first-order valence-electron chi connectivity index (χ1n) is 11.3. The molecule has 0 bridgehead atoms. The molecule has 5 rings (SSSR count). The van der Waals surface area contributed by atoms with Gasteiger partial charge in [-0.05, 0) is 36.5 Å². The van der Waals surface area contributed by atoms with Crippen molar-refractivity contribution < 1.29 is 29.0 Å². The van der Waals surface area contributed by atoms with Gasteiger partial charge in [0.25, 0.3) is 0 Å². The van der Waals surface area contributed by atoms with Gasteiger partial charge >= 0.3 is 6.09 Å². The zero-order valence-electron chi connectivity index (χ0n) is 18.5. The molecule has 182 valence electrons. The molecule has 1 aliphatic heterocycles. The third-order valence-electron chi connectivity index (χ3n) is 6.89. The van der Waals surface area contributed by atoms with Crippen LogP contribution in [0.4, 0.5) is 9.18 Å². The summed E-state index contributed by atoms with van der Waals surface area (Å²) in [4.78, 5) is 39.7. The van der Waals surface area contributed by atoms with Crippen molar-refractivity contribution in [3.05, 3.63) is 70.6 Å². The van der Waals surface area contributed by atoms with Crippen LogP contribution >= 0.6 is 11.6 Å². The van der Waals surface area contributed by atoms with Crippen LogP contribution in [0.15, 0.2) is 48.7 Å². The number of nitrogens with one attached hydrogen (secondary N) is 1. The van der Waals surface area contributed by atoms with Crippen molar-refractivity contribution in [1.82, 2.24) is 14.8 Å². The molecule has 2 amide bonds. The van der Waals surface area contributed by atoms with Gasteiger partial charge in [0.05, 0.1) is 29.6 Å². The second kappa shape index (κ2) is 8.98. The van der Waals surface area contributed by atoms with E-state index in [0.717, 1.165) is 11.0 Å². The molecule has 2 aliphatic rings. The number of likely N-dealkylation sites (tertiary alicyclic amines) is 1. The van der Waals surface area contributed by atoms with Gasteiger partial charge in [-0.3, -0.25) is 14.2 Å². The summed E-state index contributed by atoms with van der Waals surface area (Å²) >= 11 is 5.85. The van der Waals surface area contributed by atoms with Crippen LogP contribution in [0, 0.1) is 11.7 Å². The smallest absolute Gasteiger partial charge is 0.416 e. The molecule has 1 saturated heterocycles. The first-order chi connectivity index (χ1) is 16.8. The van der Waals surface area contributed by atoms with Crippen LogP contribution in [0.2, 0.25) is 5.02 Å². The number of benzene rings is 2. The summed E-state index contributed by atoms with van der Waals surface area (Å²) in [7, 11) is 0. The van der Waals surface area contributed by atoms with Gasteiger partial charge in [-0.2, -0.15) is 0 Å². The summed E-state index contributed by atoms with van der Waals surface area (Å²) in [6, 6.07) is 9.46. The predicted molar refractivity (Wildman–Crippen MR) is 126 cm³/mol. The lowest BCUT2D eigenvalue weighted by Crippen LogP contribution is -2.49. The van der Waals surface area contributed by atoms with Gasteiger partial charge in [-0.1, -0.05) is 41.9 Å². The zero-order chi connectivity index (χ0) is 24.9. The predicted octanol–water partition coefficient (Wildman–Crippen LogP) is 3.34. The molecule has 1 aromatic heterocycles. The third kappa shape index (κ3) is 4.15. The summed E-state index contributed by atoms with van der Waals surface area (Å²) in [6.45, 7) is -0.536. The molecule has 2 fully saturated rings. The van der Waals surface area contributed by atoms with E-state index in [1.807, 2.05) is 0 Å². The fourth-order valence-electron chi connectivity index (χ4n) is 5.13. The fourth-order valence-corrected chi connectivity index (χ4v) is 5.31. The quantitative estimate of drug-likeness (QED) is 0.481. The van der Waals surface area contributed by atoms with Crippen LogP contribution in [0.3, 0.4) is 0 Å². The van der Waals surface area contributed by atoms with E-state index in [0.29, 0.717) is 22.9 Å². The maximum atomic E-state index is 14.5. The first-order valence-corrected chi connectivity index (χ1v) is 11.7. The zero-order valence-corrected chi connectivity index (χ0v) is 19.3. The number of halogens is 2. The minimum Gasteiger partial charge on any atom is -0.464 e. The summed E-state index contributed by atoms with van der Waals surface area (Å²) < 4.78 is 15.5. The van der Waals surface area contributed by atoms with Crippen molar-refractivity contribution in [2.45, 2.75) is 37.4 Å². The highest BCUT2D eigenvalue weighted by Crippen LogP contribution is 2.48. The minimum atomic E-state index is -1.15. The van der Waals surface area contributed by atoms with E-state index < -0.39 is 36.5 Å². The number of piperidine rings is 1. The largest absolute Gasteiger partial charge is 0.464 e. The molecule has 3 aromatic rings. The Labute approximate surface area is 204 Å². The molecule has 0 unspecified atom stereocenters. The van der Waals surface area contributed by atoms with Crippen LogP contribution in [0.5, 0.6) is 0 Å². The number of rotatable bonds is 6. The summed E-state index contributed by atoms with van der Waals surface area (Å²) in [5, 5.41) is 22.5. The standard InChI is InChI=1S/C25H23ClFN3O5/c26-17-6-3-5-16(23(17)27)18(12-31)28-24(33)21-9-13-8-20(13)30(21)22(32)10-14-11-29(25(34)35)19-7-2-1-4-15(14)19/h1-7,11,13,18,20-21,31H,8-10,12H2,(H,28,33)(H,34,35)/t13-,18-,20-,21+/m1/s1. The third-order valence-corrected chi connectivity index (χ3v) is 7.19. The number of nitrogens with zero attached hydrogens (tertiary/aromatic N) is 2. The van der Waals surface area contributed by atoms with Crippen LogP contribution in [-0.2, 0) is 16.0 Å². The van der Waals surface area contributed by atoms with E-state index in [1.165, 1.54) is 24.4 Å². The molecule has 10 heteroatoms.